The minimum Gasteiger partial charge on any atom is -0.357 e. The van der Waals surface area contributed by atoms with Crippen LogP contribution in [0.2, 0.25) is 0 Å². The van der Waals surface area contributed by atoms with Crippen molar-refractivity contribution in [3.8, 4) is 0 Å². The summed E-state index contributed by atoms with van der Waals surface area (Å²) < 4.78 is 13.9. The number of hydrazine groups is 1. The van der Waals surface area contributed by atoms with Gasteiger partial charge in [0, 0.05) is 6.54 Å². The number of hydrogen-bond acceptors (Lipinski definition) is 5. The van der Waals surface area contributed by atoms with Gasteiger partial charge < -0.3 is 10.6 Å². The van der Waals surface area contributed by atoms with E-state index in [0.717, 1.165) is 15.8 Å². The number of para-hydroxylation sites is 1. The average Bonchev–Trinajstić information content (AvgIpc) is 3.07. The first-order valence-corrected chi connectivity index (χ1v) is 8.99. The minimum absolute atomic E-state index is 0.0629. The van der Waals surface area contributed by atoms with E-state index in [9.17, 15) is 9.18 Å². The number of amides is 1. The molecule has 4 N–H and O–H groups in total. The lowest BCUT2D eigenvalue weighted by Crippen LogP contribution is -2.48. The molecule has 0 spiro atoms. The predicted molar refractivity (Wildman–Crippen MR) is 105 cm³/mol. The number of aromatic nitrogens is 1. The molecule has 9 heteroatoms. The SMILES string of the molecule is O=C(CNc1nc2ccccc2s1)NNC(=S)NCc1ccc(F)cc1. The Morgan fingerprint density at radius 3 is 2.65 bits per heavy atom. The van der Waals surface area contributed by atoms with Crippen LogP contribution in [0, 0.1) is 5.82 Å². The van der Waals surface area contributed by atoms with Gasteiger partial charge in [0.2, 0.25) is 0 Å². The van der Waals surface area contributed by atoms with Gasteiger partial charge in [0.15, 0.2) is 10.2 Å². The van der Waals surface area contributed by atoms with E-state index < -0.39 is 0 Å². The Labute approximate surface area is 158 Å². The van der Waals surface area contributed by atoms with Crippen LogP contribution in [-0.2, 0) is 11.3 Å². The Hall–Kier alpha value is -2.78. The molecule has 0 unspecified atom stereocenters. The number of benzene rings is 2. The number of anilines is 1. The number of nitrogens with one attached hydrogen (secondary N) is 4. The quantitative estimate of drug-likeness (QED) is 0.397. The van der Waals surface area contributed by atoms with Gasteiger partial charge in [-0.3, -0.25) is 15.6 Å². The number of halogens is 1. The van der Waals surface area contributed by atoms with Gasteiger partial charge in [0.1, 0.15) is 5.82 Å². The summed E-state index contributed by atoms with van der Waals surface area (Å²) in [5.41, 5.74) is 6.88. The zero-order valence-corrected chi connectivity index (χ0v) is 15.2. The van der Waals surface area contributed by atoms with Crippen molar-refractivity contribution in [1.29, 1.82) is 0 Å². The van der Waals surface area contributed by atoms with Crippen molar-refractivity contribution in [2.24, 2.45) is 0 Å². The second-order valence-corrected chi connectivity index (χ2v) is 6.76. The number of fused-ring (bicyclic) bond motifs is 1. The molecule has 6 nitrogen and oxygen atoms in total. The first-order valence-electron chi connectivity index (χ1n) is 7.77. The first kappa shape index (κ1) is 18.0. The summed E-state index contributed by atoms with van der Waals surface area (Å²) in [7, 11) is 0. The Morgan fingerprint density at radius 2 is 1.88 bits per heavy atom. The minimum atomic E-state index is -0.289. The highest BCUT2D eigenvalue weighted by Crippen LogP contribution is 2.24. The maximum absolute atomic E-state index is 12.8. The standard InChI is InChI=1S/C17H16FN5OS2/c18-12-7-5-11(6-8-12)9-19-16(25)23-22-15(24)10-20-17-21-13-3-1-2-4-14(13)26-17/h1-8H,9-10H2,(H,20,21)(H,22,24)(H2,19,23,25). The summed E-state index contributed by atoms with van der Waals surface area (Å²) >= 11 is 6.56. The topological polar surface area (TPSA) is 78.1 Å². The largest absolute Gasteiger partial charge is 0.357 e. The molecular formula is C17H16FN5OS2. The number of hydrogen-bond donors (Lipinski definition) is 4. The highest BCUT2D eigenvalue weighted by atomic mass is 32.1. The molecule has 1 amide bonds. The van der Waals surface area contributed by atoms with Crippen LogP contribution < -0.4 is 21.5 Å². The predicted octanol–water partition coefficient (Wildman–Crippen LogP) is 2.54. The van der Waals surface area contributed by atoms with E-state index in [2.05, 4.69) is 26.5 Å². The van der Waals surface area contributed by atoms with Crippen LogP contribution in [0.5, 0.6) is 0 Å². The fourth-order valence-electron chi connectivity index (χ4n) is 2.10. The van der Waals surface area contributed by atoms with E-state index in [-0.39, 0.29) is 23.4 Å². The van der Waals surface area contributed by atoms with Gasteiger partial charge in [-0.2, -0.15) is 0 Å². The molecule has 0 aliphatic rings. The maximum atomic E-state index is 12.8. The van der Waals surface area contributed by atoms with E-state index >= 15 is 0 Å². The third-order valence-corrected chi connectivity index (χ3v) is 4.62. The molecule has 0 atom stereocenters. The van der Waals surface area contributed by atoms with E-state index in [0.29, 0.717) is 11.7 Å². The molecule has 0 aliphatic heterocycles. The molecule has 1 aromatic heterocycles. The second kappa shape index (κ2) is 8.54. The van der Waals surface area contributed by atoms with Gasteiger partial charge >= 0.3 is 0 Å². The number of rotatable bonds is 5. The Kier molecular flexibility index (Phi) is 5.92. The highest BCUT2D eigenvalue weighted by molar-refractivity contribution is 7.80. The zero-order chi connectivity index (χ0) is 18.4. The van der Waals surface area contributed by atoms with Crippen LogP contribution in [-0.4, -0.2) is 22.5 Å². The van der Waals surface area contributed by atoms with Gasteiger partial charge in [0.25, 0.3) is 5.91 Å². The van der Waals surface area contributed by atoms with Gasteiger partial charge in [-0.15, -0.1) is 0 Å². The number of carbonyl (C=O) groups excluding carboxylic acids is 1. The number of thiocarbonyl (C=S) groups is 1. The summed E-state index contributed by atoms with van der Waals surface area (Å²) in [5.74, 6) is -0.572. The number of carbonyl (C=O) groups is 1. The van der Waals surface area contributed by atoms with E-state index in [1.807, 2.05) is 24.3 Å². The molecule has 0 aliphatic carbocycles. The van der Waals surface area contributed by atoms with Gasteiger partial charge in [-0.25, -0.2) is 9.37 Å². The molecule has 2 aromatic carbocycles. The summed E-state index contributed by atoms with van der Waals surface area (Å²) in [4.78, 5) is 16.3. The lowest BCUT2D eigenvalue weighted by molar-refractivity contribution is -0.119. The molecule has 0 saturated carbocycles. The lowest BCUT2D eigenvalue weighted by Gasteiger charge is -2.11. The molecule has 0 fully saturated rings. The van der Waals surface area contributed by atoms with Gasteiger partial charge in [-0.05, 0) is 42.0 Å². The molecular weight excluding hydrogens is 373 g/mol. The zero-order valence-electron chi connectivity index (χ0n) is 13.6. The van der Waals surface area contributed by atoms with Crippen molar-refractivity contribution in [2.45, 2.75) is 6.54 Å². The molecule has 134 valence electrons. The van der Waals surface area contributed by atoms with Crippen LogP contribution in [0.3, 0.4) is 0 Å². The summed E-state index contributed by atoms with van der Waals surface area (Å²) in [6.45, 7) is 0.485. The third kappa shape index (κ3) is 5.11. The van der Waals surface area contributed by atoms with Gasteiger partial charge in [0.05, 0.1) is 16.8 Å². The van der Waals surface area contributed by atoms with Crippen molar-refractivity contribution in [2.75, 3.05) is 11.9 Å². The van der Waals surface area contributed by atoms with Crippen molar-refractivity contribution in [3.63, 3.8) is 0 Å². The van der Waals surface area contributed by atoms with E-state index in [1.54, 1.807) is 12.1 Å². The van der Waals surface area contributed by atoms with Crippen LogP contribution in [0.15, 0.2) is 48.5 Å². The molecule has 0 radical (unpaired) electrons. The summed E-state index contributed by atoms with van der Waals surface area (Å²) in [6, 6.07) is 13.8. The van der Waals surface area contributed by atoms with Crippen molar-refractivity contribution >= 4 is 49.9 Å². The highest BCUT2D eigenvalue weighted by Gasteiger charge is 2.06. The van der Waals surface area contributed by atoms with Gasteiger partial charge in [-0.1, -0.05) is 35.6 Å². The van der Waals surface area contributed by atoms with Crippen LogP contribution in [0.1, 0.15) is 5.56 Å². The monoisotopic (exact) mass is 389 g/mol. The van der Waals surface area contributed by atoms with Crippen LogP contribution in [0.4, 0.5) is 9.52 Å². The molecule has 26 heavy (non-hydrogen) atoms. The van der Waals surface area contributed by atoms with Crippen molar-refractivity contribution in [1.82, 2.24) is 21.2 Å². The average molecular weight is 389 g/mol. The van der Waals surface area contributed by atoms with E-state index in [4.69, 9.17) is 12.2 Å². The molecule has 3 aromatic rings. The van der Waals surface area contributed by atoms with Crippen molar-refractivity contribution in [3.05, 3.63) is 59.9 Å². The molecule has 3 rings (SSSR count). The number of nitrogens with zero attached hydrogens (tertiary/aromatic N) is 1. The fraction of sp³-hybridized carbons (Fsp3) is 0.118. The fourth-order valence-corrected chi connectivity index (χ4v) is 3.09. The number of thiazole rings is 1. The second-order valence-electron chi connectivity index (χ2n) is 5.32. The summed E-state index contributed by atoms with van der Waals surface area (Å²) in [5, 5.41) is 6.84. The summed E-state index contributed by atoms with van der Waals surface area (Å²) in [6.07, 6.45) is 0. The third-order valence-electron chi connectivity index (χ3n) is 3.38. The Bertz CT molecular complexity index is 880. The molecule has 1 heterocycles. The van der Waals surface area contributed by atoms with Crippen LogP contribution >= 0.6 is 23.6 Å². The smallest absolute Gasteiger partial charge is 0.257 e. The van der Waals surface area contributed by atoms with Crippen molar-refractivity contribution < 1.29 is 9.18 Å². The van der Waals surface area contributed by atoms with E-state index in [1.165, 1.54) is 23.5 Å². The maximum Gasteiger partial charge on any atom is 0.257 e. The molecule has 0 saturated heterocycles. The molecule has 0 bridgehead atoms. The Morgan fingerprint density at radius 1 is 1.12 bits per heavy atom. The Balaban J connectivity index is 1.37. The first-order chi connectivity index (χ1) is 12.6. The van der Waals surface area contributed by atoms with Crippen LogP contribution in [0.25, 0.3) is 10.2 Å². The normalized spacial score (nSPS) is 10.3. The lowest BCUT2D eigenvalue weighted by atomic mass is 10.2.